The first-order chi connectivity index (χ1) is 12.5. The van der Waals surface area contributed by atoms with Crippen molar-refractivity contribution in [2.24, 2.45) is 5.92 Å². The van der Waals surface area contributed by atoms with Crippen molar-refractivity contribution >= 4 is 11.6 Å². The van der Waals surface area contributed by atoms with Crippen LogP contribution in [0.3, 0.4) is 0 Å². The van der Waals surface area contributed by atoms with Gasteiger partial charge in [-0.25, -0.2) is 8.78 Å². The predicted octanol–water partition coefficient (Wildman–Crippen LogP) is 2.83. The standard InChI is InChI=1S/C21H24F2N2O/c1-15(21(26)24-20-8-7-18(22)14-19(20)23)25-11-9-17(10-12-25)13-16-5-3-2-4-6-16/h2-8,14-15,17H,9-13H2,1H3,(H,24,26)/p+1/t15-/m0/s1. The maximum Gasteiger partial charge on any atom is 0.282 e. The van der Waals surface area contributed by atoms with Crippen LogP contribution in [0.5, 0.6) is 0 Å². The van der Waals surface area contributed by atoms with E-state index in [4.69, 9.17) is 0 Å². The molecule has 138 valence electrons. The van der Waals surface area contributed by atoms with Gasteiger partial charge in [0.25, 0.3) is 5.91 Å². The first kappa shape index (κ1) is 18.5. The fraction of sp³-hybridized carbons (Fsp3) is 0.381. The maximum atomic E-state index is 13.7. The molecule has 0 spiro atoms. The van der Waals surface area contributed by atoms with Gasteiger partial charge in [0, 0.05) is 6.07 Å². The second-order valence-electron chi connectivity index (χ2n) is 7.13. The summed E-state index contributed by atoms with van der Waals surface area (Å²) in [6.07, 6.45) is 3.23. The van der Waals surface area contributed by atoms with Gasteiger partial charge >= 0.3 is 0 Å². The number of hydrogen-bond acceptors (Lipinski definition) is 1. The molecule has 1 aliphatic rings. The number of hydrogen-bond donors (Lipinski definition) is 2. The predicted molar refractivity (Wildman–Crippen MR) is 98.0 cm³/mol. The maximum absolute atomic E-state index is 13.7. The number of halogens is 2. The molecule has 5 heteroatoms. The van der Waals surface area contributed by atoms with Gasteiger partial charge in [0.15, 0.2) is 6.04 Å². The van der Waals surface area contributed by atoms with Crippen molar-refractivity contribution in [3.8, 4) is 0 Å². The van der Waals surface area contributed by atoms with E-state index < -0.39 is 11.6 Å². The molecule has 2 aromatic carbocycles. The Morgan fingerprint density at radius 2 is 1.85 bits per heavy atom. The number of benzene rings is 2. The number of carbonyl (C=O) groups excluding carboxylic acids is 1. The fourth-order valence-electron chi connectivity index (χ4n) is 3.65. The normalized spacial score (nSPS) is 21.2. The largest absolute Gasteiger partial charge is 0.325 e. The van der Waals surface area contributed by atoms with Gasteiger partial charge in [-0.15, -0.1) is 0 Å². The minimum absolute atomic E-state index is 0.0293. The van der Waals surface area contributed by atoms with E-state index in [0.29, 0.717) is 5.92 Å². The molecule has 0 saturated carbocycles. The lowest BCUT2D eigenvalue weighted by molar-refractivity contribution is -0.919. The van der Waals surface area contributed by atoms with E-state index in [0.717, 1.165) is 44.5 Å². The quantitative estimate of drug-likeness (QED) is 0.846. The van der Waals surface area contributed by atoms with Crippen molar-refractivity contribution in [2.45, 2.75) is 32.2 Å². The van der Waals surface area contributed by atoms with E-state index in [-0.39, 0.29) is 17.6 Å². The molecule has 0 radical (unpaired) electrons. The third-order valence-corrected chi connectivity index (χ3v) is 5.31. The van der Waals surface area contributed by atoms with Crippen LogP contribution in [-0.2, 0) is 11.2 Å². The zero-order valence-corrected chi connectivity index (χ0v) is 15.0. The molecule has 3 nitrogen and oxygen atoms in total. The van der Waals surface area contributed by atoms with Crippen LogP contribution < -0.4 is 10.2 Å². The summed E-state index contributed by atoms with van der Waals surface area (Å²) in [5.74, 6) is -0.986. The number of anilines is 1. The second kappa shape index (κ2) is 8.41. The van der Waals surface area contributed by atoms with Crippen LogP contribution in [0.15, 0.2) is 48.5 Å². The number of carbonyl (C=O) groups is 1. The molecular formula is C21H25F2N2O+. The van der Waals surface area contributed by atoms with Crippen LogP contribution in [0.2, 0.25) is 0 Å². The Balaban J connectivity index is 1.51. The molecule has 0 aliphatic carbocycles. The highest BCUT2D eigenvalue weighted by atomic mass is 19.1. The second-order valence-corrected chi connectivity index (χ2v) is 7.13. The third-order valence-electron chi connectivity index (χ3n) is 5.31. The summed E-state index contributed by atoms with van der Waals surface area (Å²) in [5.41, 5.74) is 1.39. The molecule has 26 heavy (non-hydrogen) atoms. The summed E-state index contributed by atoms with van der Waals surface area (Å²) in [7, 11) is 0. The number of amides is 1. The summed E-state index contributed by atoms with van der Waals surface area (Å²) in [5, 5.41) is 2.58. The summed E-state index contributed by atoms with van der Waals surface area (Å²) in [6.45, 7) is 3.72. The summed E-state index contributed by atoms with van der Waals surface area (Å²) >= 11 is 0. The van der Waals surface area contributed by atoms with E-state index >= 15 is 0 Å². The van der Waals surface area contributed by atoms with E-state index in [1.54, 1.807) is 0 Å². The molecule has 0 bridgehead atoms. The van der Waals surface area contributed by atoms with E-state index in [2.05, 4.69) is 29.6 Å². The molecule has 1 aliphatic heterocycles. The average molecular weight is 359 g/mol. The van der Waals surface area contributed by atoms with Crippen molar-refractivity contribution in [2.75, 3.05) is 18.4 Å². The van der Waals surface area contributed by atoms with Gasteiger partial charge in [0.1, 0.15) is 11.6 Å². The van der Waals surface area contributed by atoms with Crippen molar-refractivity contribution in [3.05, 3.63) is 65.7 Å². The molecule has 1 saturated heterocycles. The van der Waals surface area contributed by atoms with Crippen LogP contribution in [0.1, 0.15) is 25.3 Å². The Bertz CT molecular complexity index is 743. The number of likely N-dealkylation sites (tertiary alicyclic amines) is 1. The Kier molecular flexibility index (Phi) is 5.99. The molecule has 1 amide bonds. The SMILES string of the molecule is C[C@@H](C(=O)Nc1ccc(F)cc1F)[NH+]1CCC(Cc2ccccc2)CC1. The van der Waals surface area contributed by atoms with Crippen molar-refractivity contribution < 1.29 is 18.5 Å². The van der Waals surface area contributed by atoms with Crippen LogP contribution in [-0.4, -0.2) is 25.0 Å². The minimum atomic E-state index is -0.748. The van der Waals surface area contributed by atoms with Gasteiger partial charge in [-0.05, 0) is 49.8 Å². The lowest BCUT2D eigenvalue weighted by Gasteiger charge is -2.32. The highest BCUT2D eigenvalue weighted by Crippen LogP contribution is 2.17. The summed E-state index contributed by atoms with van der Waals surface area (Å²) in [6, 6.07) is 13.4. The monoisotopic (exact) mass is 359 g/mol. The number of nitrogens with one attached hydrogen (secondary N) is 2. The number of rotatable bonds is 5. The Morgan fingerprint density at radius 1 is 1.15 bits per heavy atom. The van der Waals surface area contributed by atoms with Crippen LogP contribution >= 0.6 is 0 Å². The molecule has 1 fully saturated rings. The summed E-state index contributed by atoms with van der Waals surface area (Å²) < 4.78 is 26.7. The molecule has 0 unspecified atom stereocenters. The first-order valence-electron chi connectivity index (χ1n) is 9.17. The molecule has 1 atom stereocenters. The molecule has 0 aromatic heterocycles. The molecule has 3 rings (SSSR count). The lowest BCUT2D eigenvalue weighted by Crippen LogP contribution is -3.17. The lowest BCUT2D eigenvalue weighted by atomic mass is 9.89. The third kappa shape index (κ3) is 4.67. The van der Waals surface area contributed by atoms with Gasteiger partial charge in [0.2, 0.25) is 0 Å². The highest BCUT2D eigenvalue weighted by molar-refractivity contribution is 5.93. The summed E-state index contributed by atoms with van der Waals surface area (Å²) in [4.78, 5) is 13.6. The van der Waals surface area contributed by atoms with Gasteiger partial charge in [-0.2, -0.15) is 0 Å². The Labute approximate surface area is 153 Å². The molecule has 2 N–H and O–H groups in total. The van der Waals surface area contributed by atoms with Gasteiger partial charge in [-0.3, -0.25) is 4.79 Å². The molecular weight excluding hydrogens is 334 g/mol. The zero-order valence-electron chi connectivity index (χ0n) is 15.0. The first-order valence-corrected chi connectivity index (χ1v) is 9.17. The van der Waals surface area contributed by atoms with Crippen molar-refractivity contribution in [1.29, 1.82) is 0 Å². The Hall–Kier alpha value is -2.27. The van der Waals surface area contributed by atoms with E-state index in [1.807, 2.05) is 13.0 Å². The number of piperidine rings is 1. The number of quaternary nitrogens is 1. The zero-order chi connectivity index (χ0) is 18.5. The van der Waals surface area contributed by atoms with Crippen molar-refractivity contribution in [1.82, 2.24) is 0 Å². The van der Waals surface area contributed by atoms with Crippen LogP contribution in [0.4, 0.5) is 14.5 Å². The van der Waals surface area contributed by atoms with E-state index in [1.165, 1.54) is 16.5 Å². The average Bonchev–Trinajstić information content (AvgIpc) is 2.65. The van der Waals surface area contributed by atoms with Crippen LogP contribution in [0.25, 0.3) is 0 Å². The topological polar surface area (TPSA) is 33.5 Å². The fourth-order valence-corrected chi connectivity index (χ4v) is 3.65. The Morgan fingerprint density at radius 3 is 2.50 bits per heavy atom. The van der Waals surface area contributed by atoms with Gasteiger partial charge < -0.3 is 10.2 Å². The van der Waals surface area contributed by atoms with Gasteiger partial charge in [0.05, 0.1) is 18.8 Å². The van der Waals surface area contributed by atoms with Crippen LogP contribution in [0, 0.1) is 17.6 Å². The van der Waals surface area contributed by atoms with Crippen molar-refractivity contribution in [3.63, 3.8) is 0 Å². The highest BCUT2D eigenvalue weighted by Gasteiger charge is 2.30. The molecule has 1 heterocycles. The minimum Gasteiger partial charge on any atom is -0.325 e. The molecule has 2 aromatic rings. The van der Waals surface area contributed by atoms with E-state index in [9.17, 15) is 13.6 Å². The van der Waals surface area contributed by atoms with Gasteiger partial charge in [-0.1, -0.05) is 30.3 Å². The smallest absolute Gasteiger partial charge is 0.282 e.